The van der Waals surface area contributed by atoms with Crippen molar-refractivity contribution in [1.29, 1.82) is 0 Å². The highest BCUT2D eigenvalue weighted by Gasteiger charge is 2.63. The Morgan fingerprint density at radius 1 is 0.963 bits per heavy atom. The Hall–Kier alpha value is -1.26. The van der Waals surface area contributed by atoms with Crippen molar-refractivity contribution >= 4 is 11.9 Å². The molecule has 0 aromatic rings. The first-order valence-electron chi connectivity index (χ1n) is 9.39. The van der Waals surface area contributed by atoms with Crippen LogP contribution in [-0.2, 0) is 42.7 Å². The smallest absolute Gasteiger partial charge is 0.303 e. The minimum Gasteiger partial charge on any atom is -0.463 e. The fourth-order valence-corrected chi connectivity index (χ4v) is 4.05. The van der Waals surface area contributed by atoms with Crippen molar-refractivity contribution in [2.45, 2.75) is 76.9 Å². The molecule has 0 amide bonds. The van der Waals surface area contributed by atoms with E-state index in [0.29, 0.717) is 6.61 Å². The van der Waals surface area contributed by atoms with Gasteiger partial charge in [0.15, 0.2) is 18.7 Å². The number of carbonyl (C=O) groups is 2. The molecule has 4 heterocycles. The van der Waals surface area contributed by atoms with Gasteiger partial charge in [-0.1, -0.05) is 13.8 Å². The largest absolute Gasteiger partial charge is 0.463 e. The Balaban J connectivity index is 1.49. The Morgan fingerprint density at radius 2 is 1.74 bits per heavy atom. The molecule has 152 valence electrons. The third kappa shape index (κ3) is 3.71. The van der Waals surface area contributed by atoms with Crippen LogP contribution in [0.25, 0.3) is 0 Å². The first-order valence-corrected chi connectivity index (χ1v) is 9.39. The molecule has 2 bridgehead atoms. The highest BCUT2D eigenvalue weighted by molar-refractivity contribution is 5.66. The first kappa shape index (κ1) is 19.1. The molecule has 4 aliphatic rings. The summed E-state index contributed by atoms with van der Waals surface area (Å²) in [5.74, 6) is -0.831. The van der Waals surface area contributed by atoms with Crippen LogP contribution in [0.4, 0.5) is 0 Å². The molecule has 0 radical (unpaired) electrons. The van der Waals surface area contributed by atoms with Crippen molar-refractivity contribution in [2.24, 2.45) is 11.8 Å². The molecule has 10 atom stereocenters. The monoisotopic (exact) mass is 386 g/mol. The van der Waals surface area contributed by atoms with Crippen LogP contribution in [0.1, 0.15) is 27.7 Å². The van der Waals surface area contributed by atoms with Crippen molar-refractivity contribution in [3.63, 3.8) is 0 Å². The van der Waals surface area contributed by atoms with Gasteiger partial charge < -0.3 is 33.2 Å². The molecule has 4 saturated heterocycles. The topological polar surface area (TPSA) is 102 Å². The lowest BCUT2D eigenvalue weighted by Gasteiger charge is -2.44. The molecule has 0 saturated carbocycles. The zero-order chi connectivity index (χ0) is 19.3. The van der Waals surface area contributed by atoms with E-state index in [0.717, 1.165) is 0 Å². The van der Waals surface area contributed by atoms with E-state index < -0.39 is 18.4 Å². The average molecular weight is 386 g/mol. The standard InChI is InChI=1S/C18H26O9/c1-7-8(2)13(23-10(4)20)18(24-11(7)5-21-9(3)19)27-14-12-6-22-17(25-12)16-15(14)26-16/h7-8,11-18H,5-6H2,1-4H3/t7-,8-,11?,12?,13?,14+,15+,16?,17+,18-/m0/s1. The molecule has 4 aliphatic heterocycles. The van der Waals surface area contributed by atoms with Gasteiger partial charge in [-0.3, -0.25) is 9.59 Å². The maximum atomic E-state index is 11.6. The van der Waals surface area contributed by atoms with Crippen molar-refractivity contribution in [2.75, 3.05) is 13.2 Å². The van der Waals surface area contributed by atoms with Gasteiger partial charge in [0.2, 0.25) is 0 Å². The zero-order valence-corrected chi connectivity index (χ0v) is 15.9. The maximum absolute atomic E-state index is 11.6. The van der Waals surface area contributed by atoms with Crippen LogP contribution in [0.15, 0.2) is 0 Å². The van der Waals surface area contributed by atoms with Gasteiger partial charge in [0.05, 0.1) is 12.7 Å². The van der Waals surface area contributed by atoms with Crippen molar-refractivity contribution < 1.29 is 42.7 Å². The number of hydrogen-bond donors (Lipinski definition) is 0. The fraction of sp³-hybridized carbons (Fsp3) is 0.889. The second-order valence-electron chi connectivity index (χ2n) is 7.68. The fourth-order valence-electron chi connectivity index (χ4n) is 4.05. The minimum atomic E-state index is -0.809. The number of ether oxygens (including phenoxy) is 7. The lowest BCUT2D eigenvalue weighted by Crippen LogP contribution is -2.56. The third-order valence-electron chi connectivity index (χ3n) is 5.81. The minimum absolute atomic E-state index is 0.000253. The van der Waals surface area contributed by atoms with Gasteiger partial charge in [0.1, 0.15) is 31.0 Å². The zero-order valence-electron chi connectivity index (χ0n) is 15.9. The first-order chi connectivity index (χ1) is 12.8. The van der Waals surface area contributed by atoms with Crippen molar-refractivity contribution in [3.05, 3.63) is 0 Å². The van der Waals surface area contributed by atoms with Crippen molar-refractivity contribution in [1.82, 2.24) is 0 Å². The number of rotatable bonds is 5. The van der Waals surface area contributed by atoms with E-state index in [9.17, 15) is 9.59 Å². The molecule has 4 unspecified atom stereocenters. The quantitative estimate of drug-likeness (QED) is 0.490. The molecule has 9 heteroatoms. The van der Waals surface area contributed by atoms with E-state index in [2.05, 4.69) is 0 Å². The predicted molar refractivity (Wildman–Crippen MR) is 87.3 cm³/mol. The molecule has 0 spiro atoms. The van der Waals surface area contributed by atoms with Gasteiger partial charge in [0.25, 0.3) is 0 Å². The van der Waals surface area contributed by atoms with Crippen LogP contribution in [0.5, 0.6) is 0 Å². The summed E-state index contributed by atoms with van der Waals surface area (Å²) in [5, 5.41) is 0. The number of hydrogen-bond acceptors (Lipinski definition) is 9. The molecule has 0 aromatic heterocycles. The summed E-state index contributed by atoms with van der Waals surface area (Å²) in [6.07, 6.45) is -2.94. The van der Waals surface area contributed by atoms with E-state index in [1.165, 1.54) is 13.8 Å². The van der Waals surface area contributed by atoms with E-state index in [1.807, 2.05) is 13.8 Å². The summed E-state index contributed by atoms with van der Waals surface area (Å²) in [6, 6.07) is 0. The predicted octanol–water partition coefficient (Wildman–Crippen LogP) is 0.386. The van der Waals surface area contributed by atoms with Crippen LogP contribution in [0, 0.1) is 11.8 Å². The van der Waals surface area contributed by atoms with Gasteiger partial charge in [-0.05, 0) is 5.92 Å². The molecule has 0 aliphatic carbocycles. The molecular formula is C18H26O9. The Kier molecular flexibility index (Phi) is 5.15. The Morgan fingerprint density at radius 3 is 2.44 bits per heavy atom. The number of epoxide rings is 1. The molecule has 9 nitrogen and oxygen atoms in total. The third-order valence-corrected chi connectivity index (χ3v) is 5.81. The summed E-state index contributed by atoms with van der Waals surface area (Å²) in [5.41, 5.74) is 0. The van der Waals surface area contributed by atoms with Gasteiger partial charge in [-0.25, -0.2) is 0 Å². The van der Waals surface area contributed by atoms with E-state index in [-0.39, 0.29) is 61.2 Å². The number of fused-ring (bicyclic) bond motifs is 4. The van der Waals surface area contributed by atoms with E-state index in [4.69, 9.17) is 33.2 Å². The van der Waals surface area contributed by atoms with Crippen LogP contribution in [-0.4, -0.2) is 74.4 Å². The summed E-state index contributed by atoms with van der Waals surface area (Å²) in [6.45, 7) is 7.21. The van der Waals surface area contributed by atoms with Gasteiger partial charge in [-0.2, -0.15) is 0 Å². The summed E-state index contributed by atoms with van der Waals surface area (Å²) < 4.78 is 39.9. The van der Waals surface area contributed by atoms with Gasteiger partial charge >= 0.3 is 11.9 Å². The number of carbonyl (C=O) groups excluding carboxylic acids is 2. The normalized spacial score (nSPS) is 47.9. The summed E-state index contributed by atoms with van der Waals surface area (Å²) in [4.78, 5) is 22.8. The molecule has 4 fully saturated rings. The number of esters is 2. The highest BCUT2D eigenvalue weighted by atomic mass is 16.8. The summed E-state index contributed by atoms with van der Waals surface area (Å²) >= 11 is 0. The Bertz CT molecular complexity index is 593. The molecule has 4 rings (SSSR count). The van der Waals surface area contributed by atoms with Crippen LogP contribution in [0.2, 0.25) is 0 Å². The molecule has 0 N–H and O–H groups in total. The Labute approximate surface area is 157 Å². The molecule has 27 heavy (non-hydrogen) atoms. The molecule has 0 aromatic carbocycles. The SMILES string of the molecule is CC(=O)OCC1O[C@@H](O[C@@H]2C3CO[C@H](O3)C3O[C@@H]32)C(OC(C)=O)[C@@H](C)[C@@H]1C. The second-order valence-corrected chi connectivity index (χ2v) is 7.68. The highest BCUT2D eigenvalue weighted by Crippen LogP contribution is 2.44. The van der Waals surface area contributed by atoms with Gasteiger partial charge in [-0.15, -0.1) is 0 Å². The maximum Gasteiger partial charge on any atom is 0.303 e. The molecular weight excluding hydrogens is 360 g/mol. The van der Waals surface area contributed by atoms with Crippen LogP contribution >= 0.6 is 0 Å². The van der Waals surface area contributed by atoms with E-state index in [1.54, 1.807) is 0 Å². The summed E-state index contributed by atoms with van der Waals surface area (Å²) in [7, 11) is 0. The lowest BCUT2D eigenvalue weighted by molar-refractivity contribution is -0.302. The average Bonchev–Trinajstić information content (AvgIpc) is 3.29. The second kappa shape index (κ2) is 7.29. The lowest BCUT2D eigenvalue weighted by atomic mass is 9.83. The van der Waals surface area contributed by atoms with Crippen LogP contribution in [0.3, 0.4) is 0 Å². The van der Waals surface area contributed by atoms with Crippen LogP contribution < -0.4 is 0 Å². The van der Waals surface area contributed by atoms with E-state index >= 15 is 0 Å². The van der Waals surface area contributed by atoms with Gasteiger partial charge in [0, 0.05) is 19.8 Å². The van der Waals surface area contributed by atoms with Crippen molar-refractivity contribution in [3.8, 4) is 0 Å².